The highest BCUT2D eigenvalue weighted by Crippen LogP contribution is 2.17. The van der Waals surface area contributed by atoms with Gasteiger partial charge in [-0.3, -0.25) is 4.79 Å². The Balaban J connectivity index is 2.27. The number of hydrogen-bond donors (Lipinski definition) is 0. The number of benzene rings is 1. The van der Waals surface area contributed by atoms with E-state index >= 15 is 0 Å². The van der Waals surface area contributed by atoms with Crippen LogP contribution >= 0.6 is 0 Å². The molecular formula is C13H15NO2. The van der Waals surface area contributed by atoms with Crippen molar-refractivity contribution < 1.29 is 9.53 Å². The van der Waals surface area contributed by atoms with E-state index in [1.54, 1.807) is 7.11 Å². The number of aryl methyl sites for hydroxylation is 1. The molecule has 16 heavy (non-hydrogen) atoms. The maximum Gasteiger partial charge on any atom is 0.150 e. The highest BCUT2D eigenvalue weighted by molar-refractivity contribution is 5.87. The Labute approximate surface area is 94.6 Å². The molecule has 0 radical (unpaired) electrons. The van der Waals surface area contributed by atoms with Crippen LogP contribution in [0.3, 0.4) is 0 Å². The van der Waals surface area contributed by atoms with Crippen LogP contribution in [0.4, 0.5) is 0 Å². The van der Waals surface area contributed by atoms with Gasteiger partial charge in [0.2, 0.25) is 0 Å². The van der Waals surface area contributed by atoms with Crippen LogP contribution in [0.5, 0.6) is 0 Å². The summed E-state index contributed by atoms with van der Waals surface area (Å²) in [5, 5.41) is 1.17. The van der Waals surface area contributed by atoms with Crippen molar-refractivity contribution in [3.63, 3.8) is 0 Å². The lowest BCUT2D eigenvalue weighted by Gasteiger charge is -2.05. The van der Waals surface area contributed by atoms with Gasteiger partial charge in [-0.1, -0.05) is 12.1 Å². The van der Waals surface area contributed by atoms with Gasteiger partial charge in [0.15, 0.2) is 0 Å². The van der Waals surface area contributed by atoms with Gasteiger partial charge in [-0.2, -0.15) is 0 Å². The van der Waals surface area contributed by atoms with Crippen molar-refractivity contribution in [2.45, 2.75) is 13.0 Å². The summed E-state index contributed by atoms with van der Waals surface area (Å²) in [6.07, 6.45) is 3.91. The lowest BCUT2D eigenvalue weighted by Crippen LogP contribution is -2.00. The molecule has 1 aromatic carbocycles. The highest BCUT2D eigenvalue weighted by atomic mass is 16.5. The van der Waals surface area contributed by atoms with E-state index in [4.69, 9.17) is 4.74 Å². The van der Waals surface area contributed by atoms with E-state index in [1.165, 1.54) is 5.39 Å². The average Bonchev–Trinajstić information content (AvgIpc) is 2.72. The van der Waals surface area contributed by atoms with Crippen molar-refractivity contribution in [2.75, 3.05) is 13.7 Å². The van der Waals surface area contributed by atoms with Crippen molar-refractivity contribution in [1.29, 1.82) is 0 Å². The Kier molecular flexibility index (Phi) is 3.37. The first-order valence-corrected chi connectivity index (χ1v) is 5.38. The van der Waals surface area contributed by atoms with Gasteiger partial charge in [0.05, 0.1) is 0 Å². The van der Waals surface area contributed by atoms with Crippen molar-refractivity contribution in [2.24, 2.45) is 0 Å². The number of nitrogens with zero attached hydrogens (tertiary/aromatic N) is 1. The van der Waals surface area contributed by atoms with Crippen molar-refractivity contribution in [3.05, 3.63) is 36.0 Å². The smallest absolute Gasteiger partial charge is 0.150 e. The van der Waals surface area contributed by atoms with E-state index < -0.39 is 0 Å². The third-order valence-corrected chi connectivity index (χ3v) is 2.68. The zero-order valence-electron chi connectivity index (χ0n) is 9.35. The summed E-state index contributed by atoms with van der Waals surface area (Å²) in [5.41, 5.74) is 1.83. The molecule has 0 saturated heterocycles. The van der Waals surface area contributed by atoms with Crippen LogP contribution in [0, 0.1) is 0 Å². The highest BCUT2D eigenvalue weighted by Gasteiger charge is 2.01. The molecule has 0 saturated carbocycles. The van der Waals surface area contributed by atoms with Crippen LogP contribution in [0.1, 0.15) is 16.8 Å². The molecule has 0 fully saturated rings. The fourth-order valence-electron chi connectivity index (χ4n) is 1.85. The molecule has 0 N–H and O–H groups in total. The SMILES string of the molecule is COCCCn1ccc2ccc(C=O)cc21. The fraction of sp³-hybridized carbons (Fsp3) is 0.308. The molecule has 2 rings (SSSR count). The molecule has 0 atom stereocenters. The third kappa shape index (κ3) is 2.14. The topological polar surface area (TPSA) is 31.2 Å². The van der Waals surface area contributed by atoms with E-state index in [2.05, 4.69) is 16.8 Å². The first-order valence-electron chi connectivity index (χ1n) is 5.38. The van der Waals surface area contributed by atoms with Gasteiger partial charge in [0.1, 0.15) is 6.29 Å². The molecule has 3 nitrogen and oxygen atoms in total. The van der Waals surface area contributed by atoms with Crippen LogP contribution in [-0.4, -0.2) is 24.6 Å². The average molecular weight is 217 g/mol. The second-order valence-electron chi connectivity index (χ2n) is 3.79. The summed E-state index contributed by atoms with van der Waals surface area (Å²) in [4.78, 5) is 10.7. The molecule has 3 heteroatoms. The molecular weight excluding hydrogens is 202 g/mol. The number of carbonyl (C=O) groups excluding carboxylic acids is 1. The number of hydrogen-bond acceptors (Lipinski definition) is 2. The van der Waals surface area contributed by atoms with Gasteiger partial charge in [-0.25, -0.2) is 0 Å². The quantitative estimate of drug-likeness (QED) is 0.569. The van der Waals surface area contributed by atoms with E-state index in [9.17, 15) is 4.79 Å². The van der Waals surface area contributed by atoms with Crippen LogP contribution in [0.25, 0.3) is 10.9 Å². The normalized spacial score (nSPS) is 10.8. The minimum Gasteiger partial charge on any atom is -0.385 e. The molecule has 84 valence electrons. The summed E-state index contributed by atoms with van der Waals surface area (Å²) in [6, 6.07) is 7.81. The molecule has 1 heterocycles. The zero-order valence-corrected chi connectivity index (χ0v) is 9.35. The number of aromatic nitrogens is 1. The fourth-order valence-corrected chi connectivity index (χ4v) is 1.85. The maximum absolute atomic E-state index is 10.7. The molecule has 0 aliphatic heterocycles. The van der Waals surface area contributed by atoms with Crippen molar-refractivity contribution in [1.82, 2.24) is 4.57 Å². The number of rotatable bonds is 5. The first-order chi connectivity index (χ1) is 7.85. The molecule has 0 unspecified atom stereocenters. The number of aldehydes is 1. The molecule has 0 bridgehead atoms. The summed E-state index contributed by atoms with van der Waals surface area (Å²) < 4.78 is 7.18. The minimum absolute atomic E-state index is 0.721. The molecule has 0 amide bonds. The molecule has 1 aromatic heterocycles. The monoisotopic (exact) mass is 217 g/mol. The van der Waals surface area contributed by atoms with E-state index in [0.29, 0.717) is 0 Å². The van der Waals surface area contributed by atoms with E-state index in [-0.39, 0.29) is 0 Å². The standard InChI is InChI=1S/C13H15NO2/c1-16-8-2-6-14-7-5-12-4-3-11(10-15)9-13(12)14/h3-5,7,9-10H,2,6,8H2,1H3. The van der Waals surface area contributed by atoms with Crippen LogP contribution in [0.15, 0.2) is 30.5 Å². The summed E-state index contributed by atoms with van der Waals surface area (Å²) in [6.45, 7) is 1.67. The van der Waals surface area contributed by atoms with Crippen molar-refractivity contribution in [3.8, 4) is 0 Å². The van der Waals surface area contributed by atoms with E-state index in [0.717, 1.165) is 36.9 Å². The Hall–Kier alpha value is -1.61. The van der Waals surface area contributed by atoms with Gasteiger partial charge in [-0.05, 0) is 23.9 Å². The zero-order chi connectivity index (χ0) is 11.4. The number of fused-ring (bicyclic) bond motifs is 1. The van der Waals surface area contributed by atoms with Crippen LogP contribution in [0.2, 0.25) is 0 Å². The Morgan fingerprint density at radius 3 is 3.00 bits per heavy atom. The largest absolute Gasteiger partial charge is 0.385 e. The van der Waals surface area contributed by atoms with Gasteiger partial charge < -0.3 is 9.30 Å². The summed E-state index contributed by atoms with van der Waals surface area (Å²) >= 11 is 0. The van der Waals surface area contributed by atoms with Gasteiger partial charge in [0.25, 0.3) is 0 Å². The van der Waals surface area contributed by atoms with Gasteiger partial charge in [0, 0.05) is 37.5 Å². The summed E-state index contributed by atoms with van der Waals surface area (Å²) in [7, 11) is 1.71. The second-order valence-corrected chi connectivity index (χ2v) is 3.79. The predicted molar refractivity (Wildman–Crippen MR) is 63.8 cm³/mol. The van der Waals surface area contributed by atoms with Crippen LogP contribution < -0.4 is 0 Å². The lowest BCUT2D eigenvalue weighted by atomic mass is 10.2. The molecule has 0 spiro atoms. The number of methoxy groups -OCH3 is 1. The Morgan fingerprint density at radius 1 is 1.38 bits per heavy atom. The number of carbonyl (C=O) groups is 1. The minimum atomic E-state index is 0.721. The molecule has 2 aromatic rings. The lowest BCUT2D eigenvalue weighted by molar-refractivity contribution is 0.112. The summed E-state index contributed by atoms with van der Waals surface area (Å²) in [5.74, 6) is 0. The Morgan fingerprint density at radius 2 is 2.25 bits per heavy atom. The molecule has 0 aliphatic carbocycles. The van der Waals surface area contributed by atoms with Gasteiger partial charge >= 0.3 is 0 Å². The van der Waals surface area contributed by atoms with E-state index in [1.807, 2.05) is 18.2 Å². The first kappa shape index (κ1) is 10.9. The Bertz CT molecular complexity index is 488. The molecule has 0 aliphatic rings. The third-order valence-electron chi connectivity index (χ3n) is 2.68. The van der Waals surface area contributed by atoms with Crippen LogP contribution in [-0.2, 0) is 11.3 Å². The number of ether oxygens (including phenoxy) is 1. The predicted octanol–water partition coefficient (Wildman–Crippen LogP) is 2.49. The maximum atomic E-state index is 10.7. The second kappa shape index (κ2) is 4.94. The van der Waals surface area contributed by atoms with Crippen molar-refractivity contribution >= 4 is 17.2 Å². The van der Waals surface area contributed by atoms with Gasteiger partial charge in [-0.15, -0.1) is 0 Å².